The average Bonchev–Trinajstić information content (AvgIpc) is 3.00. The zero-order valence-electron chi connectivity index (χ0n) is 13.5. The van der Waals surface area contributed by atoms with Crippen LogP contribution in [0.5, 0.6) is 0 Å². The van der Waals surface area contributed by atoms with Crippen LogP contribution in [0.4, 0.5) is 0 Å². The van der Waals surface area contributed by atoms with Crippen molar-refractivity contribution in [1.29, 1.82) is 0 Å². The summed E-state index contributed by atoms with van der Waals surface area (Å²) in [4.78, 5) is 24.2. The third kappa shape index (κ3) is 4.73. The molecule has 1 aromatic carbocycles. The second-order valence-electron chi connectivity index (χ2n) is 5.27. The Morgan fingerprint density at radius 3 is 2.67 bits per heavy atom. The van der Waals surface area contributed by atoms with E-state index in [1.165, 1.54) is 0 Å². The van der Waals surface area contributed by atoms with Crippen molar-refractivity contribution < 1.29 is 14.7 Å². The van der Waals surface area contributed by atoms with Gasteiger partial charge >= 0.3 is 5.97 Å². The number of hydrogen-bond donors (Lipinski definition) is 2. The van der Waals surface area contributed by atoms with E-state index in [0.717, 1.165) is 15.9 Å². The number of rotatable bonds is 7. The Morgan fingerprint density at radius 1 is 1.33 bits per heavy atom. The lowest BCUT2D eigenvalue weighted by atomic mass is 10.1. The molecule has 1 aromatic heterocycles. The first-order valence-corrected chi connectivity index (χ1v) is 7.47. The number of carboxylic acids is 1. The maximum Gasteiger partial charge on any atom is 0.326 e. The largest absolute Gasteiger partial charge is 0.480 e. The molecule has 1 heterocycles. The summed E-state index contributed by atoms with van der Waals surface area (Å²) in [6.07, 6.45) is 3.63. The van der Waals surface area contributed by atoms with Gasteiger partial charge in [-0.25, -0.2) is 4.79 Å². The molecule has 0 saturated carbocycles. The van der Waals surface area contributed by atoms with Gasteiger partial charge < -0.3 is 10.4 Å². The molecule has 8 nitrogen and oxygen atoms in total. The molecule has 1 unspecified atom stereocenters. The van der Waals surface area contributed by atoms with Crippen LogP contribution in [0.2, 0.25) is 0 Å². The Balaban J connectivity index is 1.99. The molecule has 0 aliphatic rings. The molecule has 2 rings (SSSR count). The molecule has 1 amide bonds. The van der Waals surface area contributed by atoms with Gasteiger partial charge in [-0.3, -0.25) is 4.79 Å². The first-order valence-electron chi connectivity index (χ1n) is 7.47. The van der Waals surface area contributed by atoms with Gasteiger partial charge in [-0.1, -0.05) is 42.0 Å². The summed E-state index contributed by atoms with van der Waals surface area (Å²) >= 11 is 0. The smallest absolute Gasteiger partial charge is 0.326 e. The summed E-state index contributed by atoms with van der Waals surface area (Å²) in [6, 6.07) is 6.62. The summed E-state index contributed by atoms with van der Waals surface area (Å²) in [5, 5.41) is 23.4. The Kier molecular flexibility index (Phi) is 5.78. The van der Waals surface area contributed by atoms with Crippen molar-refractivity contribution in [2.45, 2.75) is 32.9 Å². The van der Waals surface area contributed by atoms with E-state index < -0.39 is 17.9 Å². The highest BCUT2D eigenvalue weighted by atomic mass is 16.4. The summed E-state index contributed by atoms with van der Waals surface area (Å²) < 4.78 is 0. The predicted molar refractivity (Wildman–Crippen MR) is 87.0 cm³/mol. The molecular weight excluding hydrogens is 310 g/mol. The van der Waals surface area contributed by atoms with Crippen LogP contribution in [0.3, 0.4) is 0 Å². The van der Waals surface area contributed by atoms with Gasteiger partial charge in [-0.2, -0.15) is 4.80 Å². The van der Waals surface area contributed by atoms with Gasteiger partial charge in [0, 0.05) is 5.56 Å². The number of carbonyl (C=O) groups excluding carboxylic acids is 1. The Labute approximate surface area is 139 Å². The number of carbonyl (C=O) groups is 2. The highest BCUT2D eigenvalue weighted by molar-refractivity contribution is 5.83. The Hall–Kier alpha value is -3.03. The van der Waals surface area contributed by atoms with Gasteiger partial charge in [0.05, 0.1) is 0 Å². The van der Waals surface area contributed by atoms with Crippen molar-refractivity contribution in [3.05, 3.63) is 42.0 Å². The number of nitrogens with one attached hydrogen (secondary N) is 1. The molecule has 24 heavy (non-hydrogen) atoms. The van der Waals surface area contributed by atoms with E-state index in [1.54, 1.807) is 19.1 Å². The van der Waals surface area contributed by atoms with E-state index in [2.05, 4.69) is 20.7 Å². The molecule has 8 heteroatoms. The van der Waals surface area contributed by atoms with Gasteiger partial charge in [0.2, 0.25) is 11.7 Å². The lowest BCUT2D eigenvalue weighted by Crippen LogP contribution is -2.42. The van der Waals surface area contributed by atoms with Crippen molar-refractivity contribution in [2.24, 2.45) is 0 Å². The third-order valence-electron chi connectivity index (χ3n) is 3.29. The second kappa shape index (κ2) is 8.00. The number of allylic oxidation sites excluding steroid dienone is 1. The lowest BCUT2D eigenvalue weighted by molar-refractivity contribution is -0.141. The van der Waals surface area contributed by atoms with Crippen molar-refractivity contribution in [3.8, 4) is 11.4 Å². The van der Waals surface area contributed by atoms with E-state index >= 15 is 0 Å². The number of carboxylic acid groups (broad SMARTS) is 1. The summed E-state index contributed by atoms with van der Waals surface area (Å²) in [7, 11) is 0. The van der Waals surface area contributed by atoms with Gasteiger partial charge in [0.25, 0.3) is 0 Å². The second-order valence-corrected chi connectivity index (χ2v) is 5.27. The van der Waals surface area contributed by atoms with Crippen LogP contribution in [-0.2, 0) is 16.1 Å². The number of amides is 1. The quantitative estimate of drug-likeness (QED) is 0.738. The average molecular weight is 329 g/mol. The minimum atomic E-state index is -1.09. The third-order valence-corrected chi connectivity index (χ3v) is 3.29. The standard InChI is InChI=1S/C16H19N5O3/c1-3-4-5-13(16(23)24)17-14(22)10-21-19-15(18-20-21)12-8-6-11(2)7-9-12/h3-4,6-9,13H,5,10H2,1-2H3,(H,17,22)(H,23,24)/b4-3+. The number of aliphatic carboxylic acids is 1. The number of aromatic nitrogens is 4. The highest BCUT2D eigenvalue weighted by Gasteiger charge is 2.19. The molecule has 0 saturated heterocycles. The topological polar surface area (TPSA) is 110 Å². The molecule has 0 aliphatic heterocycles. The predicted octanol–water partition coefficient (Wildman–Crippen LogP) is 1.18. The number of hydrogen-bond acceptors (Lipinski definition) is 5. The van der Waals surface area contributed by atoms with Crippen LogP contribution in [0.1, 0.15) is 18.9 Å². The monoisotopic (exact) mass is 329 g/mol. The minimum Gasteiger partial charge on any atom is -0.480 e. The normalized spacial score (nSPS) is 12.2. The number of tetrazole rings is 1. The molecule has 2 N–H and O–H groups in total. The minimum absolute atomic E-state index is 0.196. The van der Waals surface area contributed by atoms with Crippen LogP contribution < -0.4 is 5.32 Å². The summed E-state index contributed by atoms with van der Waals surface area (Å²) in [5.41, 5.74) is 1.91. The molecule has 0 bridgehead atoms. The van der Waals surface area contributed by atoms with Crippen molar-refractivity contribution in [1.82, 2.24) is 25.5 Å². The van der Waals surface area contributed by atoms with Crippen LogP contribution in [-0.4, -0.2) is 43.2 Å². The Morgan fingerprint density at radius 2 is 2.04 bits per heavy atom. The first-order chi connectivity index (χ1) is 11.5. The zero-order chi connectivity index (χ0) is 17.5. The van der Waals surface area contributed by atoms with E-state index in [1.807, 2.05) is 31.2 Å². The molecule has 0 aliphatic carbocycles. The molecule has 126 valence electrons. The lowest BCUT2D eigenvalue weighted by Gasteiger charge is -2.11. The maximum absolute atomic E-state index is 12.0. The first kappa shape index (κ1) is 17.3. The van der Waals surface area contributed by atoms with Crippen LogP contribution >= 0.6 is 0 Å². The van der Waals surface area contributed by atoms with Crippen molar-refractivity contribution in [2.75, 3.05) is 0 Å². The number of nitrogens with zero attached hydrogens (tertiary/aromatic N) is 4. The van der Waals surface area contributed by atoms with Crippen LogP contribution in [0.25, 0.3) is 11.4 Å². The van der Waals surface area contributed by atoms with E-state index in [0.29, 0.717) is 5.82 Å². The van der Waals surface area contributed by atoms with E-state index in [-0.39, 0.29) is 13.0 Å². The van der Waals surface area contributed by atoms with Gasteiger partial charge in [0.15, 0.2) is 0 Å². The van der Waals surface area contributed by atoms with Gasteiger partial charge in [-0.05, 0) is 25.5 Å². The Bertz CT molecular complexity index is 736. The van der Waals surface area contributed by atoms with Crippen LogP contribution in [0, 0.1) is 6.92 Å². The summed E-state index contributed by atoms with van der Waals surface area (Å²) in [6.45, 7) is 3.57. The van der Waals surface area contributed by atoms with Crippen molar-refractivity contribution in [3.63, 3.8) is 0 Å². The van der Waals surface area contributed by atoms with Gasteiger partial charge in [-0.15, -0.1) is 10.2 Å². The zero-order valence-corrected chi connectivity index (χ0v) is 13.5. The molecule has 0 fully saturated rings. The fraction of sp³-hybridized carbons (Fsp3) is 0.312. The molecule has 1 atom stereocenters. The molecule has 0 spiro atoms. The highest BCUT2D eigenvalue weighted by Crippen LogP contribution is 2.13. The fourth-order valence-corrected chi connectivity index (χ4v) is 1.99. The molecular formula is C16H19N5O3. The summed E-state index contributed by atoms with van der Waals surface area (Å²) in [5.74, 6) is -1.17. The number of aryl methyl sites for hydroxylation is 1. The fourth-order valence-electron chi connectivity index (χ4n) is 1.99. The van der Waals surface area contributed by atoms with Crippen LogP contribution in [0.15, 0.2) is 36.4 Å². The van der Waals surface area contributed by atoms with Gasteiger partial charge in [0.1, 0.15) is 12.6 Å². The number of benzene rings is 1. The van der Waals surface area contributed by atoms with E-state index in [4.69, 9.17) is 5.11 Å². The molecule has 0 radical (unpaired) electrons. The maximum atomic E-state index is 12.0. The SMILES string of the molecule is C/C=C/CC(NC(=O)Cn1nnc(-c2ccc(C)cc2)n1)C(=O)O. The van der Waals surface area contributed by atoms with E-state index in [9.17, 15) is 9.59 Å². The van der Waals surface area contributed by atoms with Crippen molar-refractivity contribution >= 4 is 11.9 Å². The molecule has 2 aromatic rings.